The number of hydrogen-bond donors (Lipinski definition) is 1. The second-order valence-corrected chi connectivity index (χ2v) is 7.67. The van der Waals surface area contributed by atoms with E-state index in [0.717, 1.165) is 4.47 Å². The Morgan fingerprint density at radius 3 is 2.58 bits per heavy atom. The Hall–Kier alpha value is -3.85. The van der Waals surface area contributed by atoms with Crippen molar-refractivity contribution in [2.24, 2.45) is 0 Å². The Kier molecular flexibility index (Phi) is 6.89. The molecule has 2 aromatic heterocycles. The van der Waals surface area contributed by atoms with Gasteiger partial charge in [0.05, 0.1) is 23.0 Å². The smallest absolute Gasteiger partial charge is 0.343 e. The Bertz CT molecular complexity index is 1270. The number of ether oxygens (including phenoxy) is 2. The summed E-state index contributed by atoms with van der Waals surface area (Å²) in [6.45, 7) is 2.05. The average Bonchev–Trinajstić information content (AvgIpc) is 3.47. The molecule has 0 bridgehead atoms. The maximum absolute atomic E-state index is 12.9. The molecular weight excluding hydrogens is 490 g/mol. The van der Waals surface area contributed by atoms with Crippen molar-refractivity contribution in [2.75, 3.05) is 11.9 Å². The molecule has 33 heavy (non-hydrogen) atoms. The molecule has 0 radical (unpaired) electrons. The minimum absolute atomic E-state index is 0.0661. The number of nitrogens with one attached hydrogen (secondary N) is 1. The molecule has 1 amide bonds. The second kappa shape index (κ2) is 10.2. The largest absolute Gasteiger partial charge is 0.484 e. The highest BCUT2D eigenvalue weighted by Crippen LogP contribution is 2.26. The summed E-state index contributed by atoms with van der Waals surface area (Å²) in [5, 5.41) is 6.99. The summed E-state index contributed by atoms with van der Waals surface area (Å²) < 4.78 is 18.8. The highest BCUT2D eigenvalue weighted by Gasteiger charge is 2.23. The fourth-order valence-corrected chi connectivity index (χ4v) is 3.45. The zero-order valence-corrected chi connectivity index (χ0v) is 19.2. The van der Waals surface area contributed by atoms with Gasteiger partial charge in [-0.15, -0.1) is 0 Å². The lowest BCUT2D eigenvalue weighted by molar-refractivity contribution is 0.0527. The van der Waals surface area contributed by atoms with Gasteiger partial charge in [-0.25, -0.2) is 9.48 Å². The number of carbonyl (C=O) groups is 2. The molecule has 0 unspecified atom stereocenters. The molecule has 0 fully saturated rings. The number of halogens is 1. The first-order valence-electron chi connectivity index (χ1n) is 10.1. The summed E-state index contributed by atoms with van der Waals surface area (Å²) in [5.41, 5.74) is 0.809. The van der Waals surface area contributed by atoms with Gasteiger partial charge < -0.3 is 19.2 Å². The van der Waals surface area contributed by atoms with Crippen molar-refractivity contribution in [3.8, 4) is 11.4 Å². The first-order valence-corrected chi connectivity index (χ1v) is 10.9. The zero-order valence-electron chi connectivity index (χ0n) is 17.7. The van der Waals surface area contributed by atoms with E-state index in [4.69, 9.17) is 13.9 Å². The van der Waals surface area contributed by atoms with Gasteiger partial charge in [-0.2, -0.15) is 5.10 Å². The monoisotopic (exact) mass is 509 g/mol. The number of amides is 1. The molecule has 2 heterocycles. The summed E-state index contributed by atoms with van der Waals surface area (Å²) in [5.74, 6) is 0.259. The van der Waals surface area contributed by atoms with Crippen LogP contribution in [0.1, 0.15) is 33.6 Å². The molecule has 0 spiro atoms. The van der Waals surface area contributed by atoms with Crippen molar-refractivity contribution in [1.82, 2.24) is 9.78 Å². The van der Waals surface area contributed by atoms with Gasteiger partial charge in [-0.1, -0.05) is 30.3 Å². The molecule has 0 aliphatic carbocycles. The number of rotatable bonds is 8. The van der Waals surface area contributed by atoms with Crippen molar-refractivity contribution in [2.45, 2.75) is 13.5 Å². The van der Waals surface area contributed by atoms with Gasteiger partial charge in [0.15, 0.2) is 11.6 Å². The topological polar surface area (TPSA) is 95.6 Å². The SMILES string of the molecule is CCOC(=O)c1cnn(-c2ccccc2)c1NC(=O)c1ccc(COc2ccccc2Br)o1. The van der Waals surface area contributed by atoms with Crippen LogP contribution in [0.25, 0.3) is 5.69 Å². The van der Waals surface area contributed by atoms with Crippen LogP contribution in [0, 0.1) is 0 Å². The molecule has 0 atom stereocenters. The van der Waals surface area contributed by atoms with E-state index in [1.165, 1.54) is 10.9 Å². The fraction of sp³-hybridized carbons (Fsp3) is 0.125. The number of nitrogens with zero attached hydrogens (tertiary/aromatic N) is 2. The Balaban J connectivity index is 1.54. The molecular formula is C24H20BrN3O5. The number of anilines is 1. The van der Waals surface area contributed by atoms with Crippen LogP contribution < -0.4 is 10.1 Å². The predicted molar refractivity (Wildman–Crippen MR) is 125 cm³/mol. The van der Waals surface area contributed by atoms with E-state index in [2.05, 4.69) is 26.3 Å². The molecule has 2 aromatic carbocycles. The van der Waals surface area contributed by atoms with Gasteiger partial charge in [-0.05, 0) is 59.3 Å². The second-order valence-electron chi connectivity index (χ2n) is 6.81. The molecule has 0 aliphatic heterocycles. The van der Waals surface area contributed by atoms with Crippen molar-refractivity contribution < 1.29 is 23.5 Å². The average molecular weight is 510 g/mol. The van der Waals surface area contributed by atoms with Gasteiger partial charge in [-0.3, -0.25) is 4.79 Å². The van der Waals surface area contributed by atoms with Crippen molar-refractivity contribution in [1.29, 1.82) is 0 Å². The van der Waals surface area contributed by atoms with Gasteiger partial charge in [0, 0.05) is 0 Å². The molecule has 0 saturated heterocycles. The number of aromatic nitrogens is 2. The Morgan fingerprint density at radius 1 is 1.06 bits per heavy atom. The predicted octanol–water partition coefficient (Wildman–Crippen LogP) is 5.24. The third-order valence-corrected chi connectivity index (χ3v) is 5.24. The lowest BCUT2D eigenvalue weighted by Gasteiger charge is -2.10. The molecule has 8 nitrogen and oxygen atoms in total. The molecule has 168 valence electrons. The maximum Gasteiger partial charge on any atom is 0.343 e. The van der Waals surface area contributed by atoms with E-state index in [-0.39, 0.29) is 30.4 Å². The van der Waals surface area contributed by atoms with Crippen LogP contribution in [0.5, 0.6) is 5.75 Å². The van der Waals surface area contributed by atoms with E-state index >= 15 is 0 Å². The molecule has 9 heteroatoms. The number of hydrogen-bond acceptors (Lipinski definition) is 6. The van der Waals surface area contributed by atoms with Crippen LogP contribution in [-0.2, 0) is 11.3 Å². The van der Waals surface area contributed by atoms with E-state index in [1.54, 1.807) is 19.1 Å². The van der Waals surface area contributed by atoms with E-state index in [9.17, 15) is 9.59 Å². The number of carbonyl (C=O) groups excluding carboxylic acids is 2. The lowest BCUT2D eigenvalue weighted by atomic mass is 10.3. The zero-order chi connectivity index (χ0) is 23.2. The third-order valence-electron chi connectivity index (χ3n) is 4.59. The Labute approximate surface area is 198 Å². The third kappa shape index (κ3) is 5.15. The van der Waals surface area contributed by atoms with Crippen LogP contribution in [0.3, 0.4) is 0 Å². The minimum atomic E-state index is -0.586. The number of furan rings is 1. The number of esters is 1. The first kappa shape index (κ1) is 22.3. The van der Waals surface area contributed by atoms with Crippen LogP contribution in [-0.4, -0.2) is 28.3 Å². The number of benzene rings is 2. The molecule has 0 saturated carbocycles. The summed E-state index contributed by atoms with van der Waals surface area (Å²) in [7, 11) is 0. The molecule has 4 rings (SSSR count). The highest BCUT2D eigenvalue weighted by molar-refractivity contribution is 9.10. The van der Waals surface area contributed by atoms with E-state index < -0.39 is 11.9 Å². The molecule has 4 aromatic rings. The van der Waals surface area contributed by atoms with Crippen LogP contribution >= 0.6 is 15.9 Å². The standard InChI is InChI=1S/C24H20BrN3O5/c1-2-31-24(30)18-14-26-28(16-8-4-3-5-9-16)22(18)27-23(29)21-13-12-17(33-21)15-32-20-11-7-6-10-19(20)25/h3-14H,2,15H2,1H3,(H,27,29). The molecule has 0 aliphatic rings. The quantitative estimate of drug-likeness (QED) is 0.326. The number of para-hydroxylation sites is 2. The summed E-state index contributed by atoms with van der Waals surface area (Å²) in [6, 6.07) is 19.8. The fourth-order valence-electron chi connectivity index (χ4n) is 3.05. The van der Waals surface area contributed by atoms with Gasteiger partial charge in [0.25, 0.3) is 5.91 Å². The first-order chi connectivity index (χ1) is 16.1. The van der Waals surface area contributed by atoms with E-state index in [1.807, 2.05) is 54.6 Å². The minimum Gasteiger partial charge on any atom is -0.484 e. The highest BCUT2D eigenvalue weighted by atomic mass is 79.9. The van der Waals surface area contributed by atoms with Crippen LogP contribution in [0.15, 0.2) is 81.8 Å². The van der Waals surface area contributed by atoms with E-state index in [0.29, 0.717) is 17.2 Å². The molecule has 1 N–H and O–H groups in total. The van der Waals surface area contributed by atoms with Crippen molar-refractivity contribution >= 4 is 33.6 Å². The summed E-state index contributed by atoms with van der Waals surface area (Å²) in [6.07, 6.45) is 1.36. The van der Waals surface area contributed by atoms with Gasteiger partial charge >= 0.3 is 5.97 Å². The summed E-state index contributed by atoms with van der Waals surface area (Å²) >= 11 is 3.42. The van der Waals surface area contributed by atoms with Gasteiger partial charge in [0.1, 0.15) is 23.7 Å². The van der Waals surface area contributed by atoms with Crippen LogP contribution in [0.2, 0.25) is 0 Å². The van der Waals surface area contributed by atoms with Crippen molar-refractivity contribution in [3.63, 3.8) is 0 Å². The van der Waals surface area contributed by atoms with Gasteiger partial charge in [0.2, 0.25) is 0 Å². The lowest BCUT2D eigenvalue weighted by Crippen LogP contribution is -2.17. The maximum atomic E-state index is 12.9. The normalized spacial score (nSPS) is 10.6. The Morgan fingerprint density at radius 2 is 1.82 bits per heavy atom. The summed E-state index contributed by atoms with van der Waals surface area (Å²) in [4.78, 5) is 25.3. The van der Waals surface area contributed by atoms with Crippen LogP contribution in [0.4, 0.5) is 5.82 Å². The van der Waals surface area contributed by atoms with Crippen molar-refractivity contribution in [3.05, 3.63) is 94.5 Å².